The summed E-state index contributed by atoms with van der Waals surface area (Å²) in [6.07, 6.45) is 0. The van der Waals surface area contributed by atoms with Crippen molar-refractivity contribution in [3.63, 3.8) is 0 Å². The van der Waals surface area contributed by atoms with Gasteiger partial charge in [0.2, 0.25) is 0 Å². The molecule has 1 heterocycles. The number of hydrogen-bond acceptors (Lipinski definition) is 3. The number of carbonyl (C=O) groups is 1. The van der Waals surface area contributed by atoms with Gasteiger partial charge in [0, 0.05) is 15.3 Å². The van der Waals surface area contributed by atoms with E-state index in [1.807, 2.05) is 17.8 Å². The average molecular weight is 252 g/mol. The van der Waals surface area contributed by atoms with Gasteiger partial charge in [-0.15, -0.1) is 11.3 Å². The highest BCUT2D eigenvalue weighted by Crippen LogP contribution is 2.31. The van der Waals surface area contributed by atoms with Gasteiger partial charge in [0.25, 0.3) is 0 Å². The van der Waals surface area contributed by atoms with E-state index in [2.05, 4.69) is 13.0 Å². The molecule has 0 saturated carbocycles. The molecule has 2 nitrogen and oxygen atoms in total. The molecule has 1 aromatic carbocycles. The maximum absolute atomic E-state index is 11.0. The molecular weight excluding hydrogens is 240 g/mol. The van der Waals surface area contributed by atoms with Crippen molar-refractivity contribution in [1.82, 2.24) is 0 Å². The number of carboxylic acid groups (broad SMARTS) is 1. The maximum Gasteiger partial charge on any atom is 0.337 e. The van der Waals surface area contributed by atoms with Crippen molar-refractivity contribution in [2.24, 2.45) is 0 Å². The first-order chi connectivity index (χ1) is 7.72. The molecule has 84 valence electrons. The molecule has 0 fully saturated rings. The van der Waals surface area contributed by atoms with E-state index in [9.17, 15) is 4.79 Å². The second-order valence-electron chi connectivity index (χ2n) is 3.38. The Bertz CT molecular complexity index is 517. The second kappa shape index (κ2) is 4.89. The lowest BCUT2D eigenvalue weighted by molar-refractivity contribution is 0.0699. The number of thiophene rings is 1. The van der Waals surface area contributed by atoms with Crippen LogP contribution in [-0.2, 0) is 5.75 Å². The van der Waals surface area contributed by atoms with Crippen LogP contribution in [0.5, 0.6) is 0 Å². The maximum atomic E-state index is 11.0. The summed E-state index contributed by atoms with van der Waals surface area (Å²) in [7, 11) is 0. The van der Waals surface area contributed by atoms with Crippen molar-refractivity contribution in [2.45, 2.75) is 12.7 Å². The van der Waals surface area contributed by atoms with Crippen LogP contribution in [0.1, 0.15) is 22.2 Å². The fourth-order valence-electron chi connectivity index (χ4n) is 1.56. The summed E-state index contributed by atoms with van der Waals surface area (Å²) in [6, 6.07) is 7.53. The van der Waals surface area contributed by atoms with Gasteiger partial charge in [-0.25, -0.2) is 4.79 Å². The first kappa shape index (κ1) is 11.5. The highest BCUT2D eigenvalue weighted by Gasteiger charge is 2.10. The first-order valence-electron chi connectivity index (χ1n) is 5.05. The van der Waals surface area contributed by atoms with Crippen LogP contribution in [0.4, 0.5) is 0 Å². The van der Waals surface area contributed by atoms with E-state index in [1.54, 1.807) is 23.5 Å². The molecule has 0 aliphatic heterocycles. The minimum absolute atomic E-state index is 0.412. The van der Waals surface area contributed by atoms with Gasteiger partial charge in [-0.1, -0.05) is 19.1 Å². The van der Waals surface area contributed by atoms with Crippen LogP contribution in [0, 0.1) is 0 Å². The predicted octanol–water partition coefficient (Wildman–Crippen LogP) is 3.85. The molecule has 16 heavy (non-hydrogen) atoms. The Hall–Kier alpha value is -1.00. The van der Waals surface area contributed by atoms with Crippen LogP contribution in [0.2, 0.25) is 0 Å². The topological polar surface area (TPSA) is 37.3 Å². The van der Waals surface area contributed by atoms with Crippen LogP contribution in [-0.4, -0.2) is 16.8 Å². The van der Waals surface area contributed by atoms with Crippen LogP contribution < -0.4 is 0 Å². The fourth-order valence-corrected chi connectivity index (χ4v) is 3.49. The number of hydrogen-bond donors (Lipinski definition) is 1. The number of fused-ring (bicyclic) bond motifs is 1. The van der Waals surface area contributed by atoms with Crippen LogP contribution >= 0.6 is 23.1 Å². The summed E-state index contributed by atoms with van der Waals surface area (Å²) < 4.78 is 0.890. The number of aromatic carboxylic acids is 1. The molecule has 1 aromatic heterocycles. The number of carboxylic acids is 1. The molecule has 4 heteroatoms. The van der Waals surface area contributed by atoms with Gasteiger partial charge in [0.1, 0.15) is 0 Å². The zero-order chi connectivity index (χ0) is 11.5. The summed E-state index contributed by atoms with van der Waals surface area (Å²) in [5, 5.41) is 10.1. The zero-order valence-electron chi connectivity index (χ0n) is 8.90. The Morgan fingerprint density at radius 1 is 1.50 bits per heavy atom. The average Bonchev–Trinajstić information content (AvgIpc) is 2.68. The smallest absolute Gasteiger partial charge is 0.337 e. The summed E-state index contributed by atoms with van der Waals surface area (Å²) >= 11 is 3.44. The molecule has 0 saturated heterocycles. The quantitative estimate of drug-likeness (QED) is 0.898. The Morgan fingerprint density at radius 2 is 2.31 bits per heavy atom. The van der Waals surface area contributed by atoms with E-state index in [0.717, 1.165) is 21.6 Å². The Morgan fingerprint density at radius 3 is 3.00 bits per heavy atom. The van der Waals surface area contributed by atoms with E-state index < -0.39 is 5.97 Å². The summed E-state index contributed by atoms with van der Waals surface area (Å²) in [4.78, 5) is 12.3. The lowest BCUT2D eigenvalue weighted by Gasteiger charge is -1.94. The predicted molar refractivity (Wildman–Crippen MR) is 70.6 cm³/mol. The van der Waals surface area contributed by atoms with Gasteiger partial charge in [-0.05, 0) is 23.3 Å². The molecular formula is C12H12O2S2. The van der Waals surface area contributed by atoms with Crippen LogP contribution in [0.15, 0.2) is 24.3 Å². The zero-order valence-corrected chi connectivity index (χ0v) is 10.5. The number of benzene rings is 1. The van der Waals surface area contributed by atoms with E-state index >= 15 is 0 Å². The normalized spacial score (nSPS) is 10.8. The highest BCUT2D eigenvalue weighted by atomic mass is 32.2. The molecule has 0 radical (unpaired) electrons. The molecule has 0 amide bonds. The minimum atomic E-state index is -0.845. The largest absolute Gasteiger partial charge is 0.478 e. The molecule has 0 atom stereocenters. The monoisotopic (exact) mass is 252 g/mol. The fraction of sp³-hybridized carbons (Fsp3) is 0.250. The molecule has 2 aromatic rings. The Labute approximate surface area is 102 Å². The Balaban J connectivity index is 2.44. The van der Waals surface area contributed by atoms with Gasteiger partial charge in [0.05, 0.1) is 5.56 Å². The molecule has 1 N–H and O–H groups in total. The summed E-state index contributed by atoms with van der Waals surface area (Å²) in [5.74, 6) is 1.21. The number of thioether (sulfide) groups is 1. The van der Waals surface area contributed by atoms with Crippen molar-refractivity contribution < 1.29 is 9.90 Å². The van der Waals surface area contributed by atoms with Gasteiger partial charge in [0.15, 0.2) is 0 Å². The lowest BCUT2D eigenvalue weighted by atomic mass is 10.1. The molecule has 0 bridgehead atoms. The third kappa shape index (κ3) is 2.23. The third-order valence-electron chi connectivity index (χ3n) is 2.27. The van der Waals surface area contributed by atoms with Gasteiger partial charge >= 0.3 is 5.97 Å². The van der Waals surface area contributed by atoms with Crippen molar-refractivity contribution in [3.05, 3.63) is 34.7 Å². The van der Waals surface area contributed by atoms with Gasteiger partial charge in [-0.2, -0.15) is 11.8 Å². The molecule has 0 aliphatic rings. The molecule has 2 rings (SSSR count). The summed E-state index contributed by atoms with van der Waals surface area (Å²) in [6.45, 7) is 2.13. The first-order valence-corrected chi connectivity index (χ1v) is 7.02. The van der Waals surface area contributed by atoms with E-state index in [0.29, 0.717) is 5.56 Å². The number of rotatable bonds is 4. The molecule has 0 unspecified atom stereocenters. The van der Waals surface area contributed by atoms with Crippen LogP contribution in [0.3, 0.4) is 0 Å². The molecule has 0 spiro atoms. The van der Waals surface area contributed by atoms with Crippen LogP contribution in [0.25, 0.3) is 10.1 Å². The van der Waals surface area contributed by atoms with Crippen molar-refractivity contribution in [3.8, 4) is 0 Å². The third-order valence-corrected chi connectivity index (χ3v) is 4.56. The Kier molecular flexibility index (Phi) is 3.51. The van der Waals surface area contributed by atoms with Gasteiger partial charge in [-0.3, -0.25) is 0 Å². The highest BCUT2D eigenvalue weighted by molar-refractivity contribution is 7.98. The van der Waals surface area contributed by atoms with E-state index in [-0.39, 0.29) is 0 Å². The summed E-state index contributed by atoms with van der Waals surface area (Å²) in [5.41, 5.74) is 0.412. The van der Waals surface area contributed by atoms with Crippen molar-refractivity contribution in [1.29, 1.82) is 0 Å². The second-order valence-corrected chi connectivity index (χ2v) is 5.79. The standard InChI is InChI=1S/C12H12O2S2/c1-2-15-7-9-6-8-4-3-5-10(12(13)14)11(8)16-9/h3-6H,2,7H2,1H3,(H,13,14). The van der Waals surface area contributed by atoms with E-state index in [4.69, 9.17) is 5.11 Å². The van der Waals surface area contributed by atoms with Crippen molar-refractivity contribution >= 4 is 39.2 Å². The lowest BCUT2D eigenvalue weighted by Crippen LogP contribution is -1.94. The van der Waals surface area contributed by atoms with Crippen molar-refractivity contribution in [2.75, 3.05) is 5.75 Å². The van der Waals surface area contributed by atoms with E-state index in [1.165, 1.54) is 4.88 Å². The minimum Gasteiger partial charge on any atom is -0.478 e. The van der Waals surface area contributed by atoms with Gasteiger partial charge < -0.3 is 5.11 Å². The SMILES string of the molecule is CCSCc1cc2cccc(C(=O)O)c2s1. The molecule has 0 aliphatic carbocycles.